The molecule has 0 unspecified atom stereocenters. The Morgan fingerprint density at radius 1 is 1.18 bits per heavy atom. The Hall–Kier alpha value is -0.396. The van der Waals surface area contributed by atoms with Gasteiger partial charge in [-0.25, -0.2) is 4.79 Å². The summed E-state index contributed by atoms with van der Waals surface area (Å²) in [5.41, 5.74) is 0. The first kappa shape index (κ1) is 16.6. The van der Waals surface area contributed by atoms with Gasteiger partial charge in [0, 0.05) is 6.08 Å². The molecule has 0 atom stereocenters. The zero-order valence-corrected chi connectivity index (χ0v) is 14.2. The van der Waals surface area contributed by atoms with Crippen LogP contribution in [0.2, 0.25) is 39.3 Å². The second-order valence-electron chi connectivity index (χ2n) is 6.22. The van der Waals surface area contributed by atoms with Crippen molar-refractivity contribution in [3.63, 3.8) is 0 Å². The summed E-state index contributed by atoms with van der Waals surface area (Å²) < 4.78 is 7.71. The third-order valence-electron chi connectivity index (χ3n) is 2.56. The molecule has 0 aromatic heterocycles. The third kappa shape index (κ3) is 6.80. The Morgan fingerprint density at radius 3 is 2.00 bits per heavy atom. The highest BCUT2D eigenvalue weighted by molar-refractivity contribution is 6.89. The third-order valence-corrected chi connectivity index (χ3v) is 10.3. The minimum Gasteiger partial charge on any atom is -0.462 e. The van der Waals surface area contributed by atoms with Crippen LogP contribution in [-0.2, 0) is 9.53 Å². The summed E-state index contributed by atoms with van der Waals surface area (Å²) in [5.74, 6) is -0.322. The second kappa shape index (κ2) is 6.51. The fourth-order valence-corrected chi connectivity index (χ4v) is 11.8. The molecule has 0 heterocycles. The van der Waals surface area contributed by atoms with Gasteiger partial charge < -0.3 is 8.97 Å². The minimum absolute atomic E-state index is 0.322. The van der Waals surface area contributed by atoms with E-state index in [1.807, 2.05) is 0 Å². The SMILES string of the molecule is C=CC(=O)OCCCN([Si](C)(C)C)[Si](C)(C)C. The number of carbonyl (C=O) groups excluding carboxylic acids is 1. The maximum Gasteiger partial charge on any atom is 0.330 e. The van der Waals surface area contributed by atoms with Crippen LogP contribution in [0.3, 0.4) is 0 Å². The summed E-state index contributed by atoms with van der Waals surface area (Å²) >= 11 is 0. The monoisotopic (exact) mass is 273 g/mol. The van der Waals surface area contributed by atoms with Crippen LogP contribution in [0.15, 0.2) is 12.7 Å². The van der Waals surface area contributed by atoms with Crippen molar-refractivity contribution in [3.05, 3.63) is 12.7 Å². The number of carbonyl (C=O) groups is 1. The molecule has 0 amide bonds. The fourth-order valence-electron chi connectivity index (χ4n) is 2.13. The van der Waals surface area contributed by atoms with Crippen LogP contribution in [0, 0.1) is 0 Å². The molecule has 0 radical (unpaired) electrons. The van der Waals surface area contributed by atoms with Crippen molar-refractivity contribution >= 4 is 22.4 Å². The molecular formula is C12H27NO2Si2. The van der Waals surface area contributed by atoms with Gasteiger partial charge >= 0.3 is 5.97 Å². The van der Waals surface area contributed by atoms with Crippen molar-refractivity contribution < 1.29 is 9.53 Å². The summed E-state index contributed by atoms with van der Waals surface area (Å²) in [4.78, 5) is 10.9. The van der Waals surface area contributed by atoms with Crippen molar-refractivity contribution in [2.75, 3.05) is 13.2 Å². The molecule has 0 aliphatic heterocycles. The van der Waals surface area contributed by atoms with E-state index in [9.17, 15) is 4.79 Å². The number of nitrogens with zero attached hydrogens (tertiary/aromatic N) is 1. The quantitative estimate of drug-likeness (QED) is 0.309. The molecule has 0 bridgehead atoms. The summed E-state index contributed by atoms with van der Waals surface area (Å²) in [6, 6.07) is 0. The van der Waals surface area contributed by atoms with E-state index < -0.39 is 16.5 Å². The van der Waals surface area contributed by atoms with Crippen LogP contribution in [-0.4, -0.2) is 39.8 Å². The molecule has 0 aliphatic carbocycles. The number of hydrogen-bond acceptors (Lipinski definition) is 3. The molecule has 5 heteroatoms. The Bertz CT molecular complexity index is 253. The van der Waals surface area contributed by atoms with E-state index >= 15 is 0 Å². The lowest BCUT2D eigenvalue weighted by molar-refractivity contribution is -0.137. The Labute approximate surface area is 108 Å². The van der Waals surface area contributed by atoms with Crippen molar-refractivity contribution in [3.8, 4) is 0 Å². The van der Waals surface area contributed by atoms with Gasteiger partial charge in [-0.3, -0.25) is 0 Å². The number of esters is 1. The van der Waals surface area contributed by atoms with Crippen LogP contribution < -0.4 is 0 Å². The molecule has 0 saturated heterocycles. The summed E-state index contributed by atoms with van der Waals surface area (Å²) in [6.45, 7) is 19.2. The van der Waals surface area contributed by atoms with Crippen LogP contribution in [0.5, 0.6) is 0 Å². The summed E-state index contributed by atoms with van der Waals surface area (Å²) in [7, 11) is -2.55. The summed E-state index contributed by atoms with van der Waals surface area (Å²) in [5, 5.41) is 0. The molecule has 17 heavy (non-hydrogen) atoms. The predicted octanol–water partition coefficient (Wildman–Crippen LogP) is 3.08. The van der Waals surface area contributed by atoms with Crippen molar-refractivity contribution in [1.29, 1.82) is 0 Å². The van der Waals surface area contributed by atoms with Crippen molar-refractivity contribution in [1.82, 2.24) is 4.23 Å². The Kier molecular flexibility index (Phi) is 6.36. The molecule has 0 saturated carbocycles. The van der Waals surface area contributed by atoms with E-state index in [-0.39, 0.29) is 5.97 Å². The number of ether oxygens (including phenoxy) is 1. The molecule has 100 valence electrons. The highest BCUT2D eigenvalue weighted by Gasteiger charge is 2.33. The van der Waals surface area contributed by atoms with E-state index in [2.05, 4.69) is 50.1 Å². The average Bonchev–Trinajstić information content (AvgIpc) is 2.12. The van der Waals surface area contributed by atoms with Crippen LogP contribution in [0.4, 0.5) is 0 Å². The van der Waals surface area contributed by atoms with Crippen molar-refractivity contribution in [2.24, 2.45) is 0 Å². The van der Waals surface area contributed by atoms with E-state index in [1.165, 1.54) is 6.08 Å². The number of hydrogen-bond donors (Lipinski definition) is 0. The lowest BCUT2D eigenvalue weighted by atomic mass is 10.5. The molecule has 0 aliphatic rings. The molecule has 3 nitrogen and oxygen atoms in total. The zero-order chi connectivity index (χ0) is 13.7. The zero-order valence-electron chi connectivity index (χ0n) is 12.2. The van der Waals surface area contributed by atoms with E-state index in [0.717, 1.165) is 13.0 Å². The maximum atomic E-state index is 10.9. The lowest BCUT2D eigenvalue weighted by Crippen LogP contribution is -2.59. The topological polar surface area (TPSA) is 29.5 Å². The van der Waals surface area contributed by atoms with Gasteiger partial charge in [0.2, 0.25) is 0 Å². The molecule has 0 N–H and O–H groups in total. The van der Waals surface area contributed by atoms with E-state index in [1.54, 1.807) is 0 Å². The normalized spacial score (nSPS) is 12.6. The van der Waals surface area contributed by atoms with Gasteiger partial charge in [-0.15, -0.1) is 0 Å². The Balaban J connectivity index is 4.21. The van der Waals surface area contributed by atoms with Gasteiger partial charge in [-0.05, 0) is 13.0 Å². The fraction of sp³-hybridized carbons (Fsp3) is 0.750. The van der Waals surface area contributed by atoms with Gasteiger partial charge in [-0.2, -0.15) is 0 Å². The second-order valence-corrected chi connectivity index (χ2v) is 16.4. The Morgan fingerprint density at radius 2 is 1.65 bits per heavy atom. The van der Waals surface area contributed by atoms with Gasteiger partial charge in [0.25, 0.3) is 0 Å². The van der Waals surface area contributed by atoms with Crippen LogP contribution >= 0.6 is 0 Å². The molecule has 0 fully saturated rings. The van der Waals surface area contributed by atoms with Gasteiger partial charge in [0.15, 0.2) is 0 Å². The first-order valence-electron chi connectivity index (χ1n) is 6.16. The lowest BCUT2D eigenvalue weighted by Gasteiger charge is -2.43. The molecule has 0 aromatic carbocycles. The maximum absolute atomic E-state index is 10.9. The standard InChI is InChI=1S/C12H27NO2Si2/c1-8-12(14)15-11-9-10-13(16(2,3)4)17(5,6)7/h8H,1,9-11H2,2-7H3. The minimum atomic E-state index is -1.27. The van der Waals surface area contributed by atoms with E-state index in [0.29, 0.717) is 6.61 Å². The van der Waals surface area contributed by atoms with Gasteiger partial charge in [0.05, 0.1) is 6.61 Å². The largest absolute Gasteiger partial charge is 0.462 e. The predicted molar refractivity (Wildman–Crippen MR) is 79.2 cm³/mol. The molecule has 0 rings (SSSR count). The highest BCUT2D eigenvalue weighted by atomic mass is 28.4. The number of rotatable bonds is 7. The summed E-state index contributed by atoms with van der Waals surface area (Å²) in [6.07, 6.45) is 2.13. The first-order chi connectivity index (χ1) is 7.59. The smallest absolute Gasteiger partial charge is 0.330 e. The van der Waals surface area contributed by atoms with Crippen molar-refractivity contribution in [2.45, 2.75) is 45.7 Å². The van der Waals surface area contributed by atoms with E-state index in [4.69, 9.17) is 4.74 Å². The van der Waals surface area contributed by atoms with Gasteiger partial charge in [-0.1, -0.05) is 45.9 Å². The van der Waals surface area contributed by atoms with Gasteiger partial charge in [0.1, 0.15) is 16.5 Å². The van der Waals surface area contributed by atoms with Crippen LogP contribution in [0.25, 0.3) is 0 Å². The molecule has 0 spiro atoms. The first-order valence-corrected chi connectivity index (χ1v) is 13.1. The van der Waals surface area contributed by atoms with Crippen LogP contribution in [0.1, 0.15) is 6.42 Å². The molecule has 0 aromatic rings. The highest BCUT2D eigenvalue weighted by Crippen LogP contribution is 2.19. The average molecular weight is 274 g/mol. The molecular weight excluding hydrogens is 246 g/mol.